The molecule has 0 saturated carbocycles. The van der Waals surface area contributed by atoms with E-state index in [0.717, 1.165) is 25.7 Å². The SMILES string of the molecule is COC(=O)c1cccc(NC(=O)c2ccc(Cl)c(S(=O)(=O)N3CCCCCC3)c2)c1. The standard InChI is InChI=1S/C21H23ClN2O5S/c1-29-21(26)16-7-6-8-17(13-16)23-20(25)15-9-10-18(22)19(14-15)30(27,28)24-11-4-2-3-5-12-24/h6-10,13-14H,2-5,11-12H2,1H3,(H,23,25). The normalized spacial score (nSPS) is 15.3. The molecule has 30 heavy (non-hydrogen) atoms. The molecule has 1 saturated heterocycles. The van der Waals surface area contributed by atoms with Gasteiger partial charge in [-0.25, -0.2) is 13.2 Å². The average molecular weight is 451 g/mol. The molecule has 1 amide bonds. The molecular formula is C21H23ClN2O5S. The third kappa shape index (κ3) is 5.00. The van der Waals surface area contributed by atoms with Crippen LogP contribution in [0.3, 0.4) is 0 Å². The summed E-state index contributed by atoms with van der Waals surface area (Å²) in [5, 5.41) is 2.74. The molecule has 0 aliphatic carbocycles. The van der Waals surface area contributed by atoms with Gasteiger partial charge in [-0.2, -0.15) is 4.31 Å². The minimum absolute atomic E-state index is 0.0727. The molecule has 0 spiro atoms. The van der Waals surface area contributed by atoms with Gasteiger partial charge < -0.3 is 10.1 Å². The fraction of sp³-hybridized carbons (Fsp3) is 0.333. The van der Waals surface area contributed by atoms with Crippen molar-refractivity contribution in [2.24, 2.45) is 0 Å². The first-order valence-electron chi connectivity index (χ1n) is 9.62. The molecular weight excluding hydrogens is 428 g/mol. The van der Waals surface area contributed by atoms with Crippen molar-refractivity contribution >= 4 is 39.2 Å². The van der Waals surface area contributed by atoms with Gasteiger partial charge in [0.15, 0.2) is 0 Å². The van der Waals surface area contributed by atoms with Crippen molar-refractivity contribution in [1.29, 1.82) is 0 Å². The first-order valence-corrected chi connectivity index (χ1v) is 11.4. The van der Waals surface area contributed by atoms with Crippen molar-refractivity contribution in [3.8, 4) is 0 Å². The van der Waals surface area contributed by atoms with E-state index in [0.29, 0.717) is 18.8 Å². The average Bonchev–Trinajstić information content (AvgIpc) is 3.03. The Morgan fingerprint density at radius 1 is 1.00 bits per heavy atom. The van der Waals surface area contributed by atoms with Crippen LogP contribution >= 0.6 is 11.6 Å². The zero-order chi connectivity index (χ0) is 21.7. The number of anilines is 1. The minimum Gasteiger partial charge on any atom is -0.465 e. The molecule has 1 fully saturated rings. The molecule has 2 aromatic rings. The monoisotopic (exact) mass is 450 g/mol. The number of benzene rings is 2. The van der Waals surface area contributed by atoms with Crippen molar-refractivity contribution in [2.45, 2.75) is 30.6 Å². The van der Waals surface area contributed by atoms with E-state index in [1.54, 1.807) is 18.2 Å². The van der Waals surface area contributed by atoms with E-state index < -0.39 is 21.9 Å². The van der Waals surface area contributed by atoms with Crippen LogP contribution in [0.25, 0.3) is 0 Å². The van der Waals surface area contributed by atoms with Gasteiger partial charge in [-0.05, 0) is 49.2 Å². The van der Waals surface area contributed by atoms with Crippen LogP contribution in [0, 0.1) is 0 Å². The number of hydrogen-bond acceptors (Lipinski definition) is 5. The number of nitrogens with zero attached hydrogens (tertiary/aromatic N) is 1. The summed E-state index contributed by atoms with van der Waals surface area (Å²) in [4.78, 5) is 24.3. The lowest BCUT2D eigenvalue weighted by Crippen LogP contribution is -2.32. The maximum Gasteiger partial charge on any atom is 0.337 e. The van der Waals surface area contributed by atoms with Crippen molar-refractivity contribution < 1.29 is 22.7 Å². The second-order valence-corrected chi connectivity index (χ2v) is 9.30. The maximum atomic E-state index is 13.1. The number of methoxy groups -OCH3 is 1. The Balaban J connectivity index is 1.86. The number of hydrogen-bond donors (Lipinski definition) is 1. The molecule has 0 aromatic heterocycles. The van der Waals surface area contributed by atoms with Crippen LogP contribution in [0.5, 0.6) is 0 Å². The summed E-state index contributed by atoms with van der Waals surface area (Å²) in [5.41, 5.74) is 0.821. The lowest BCUT2D eigenvalue weighted by Gasteiger charge is -2.21. The molecule has 1 heterocycles. The number of carbonyl (C=O) groups is 2. The zero-order valence-corrected chi connectivity index (χ0v) is 18.1. The first kappa shape index (κ1) is 22.3. The Bertz CT molecular complexity index is 1050. The van der Waals surface area contributed by atoms with Crippen LogP contribution in [0.4, 0.5) is 5.69 Å². The predicted octanol–water partition coefficient (Wildman–Crippen LogP) is 3.94. The number of rotatable bonds is 5. The summed E-state index contributed by atoms with van der Waals surface area (Å²) in [7, 11) is -2.53. The summed E-state index contributed by atoms with van der Waals surface area (Å²) in [5.74, 6) is -1.04. The highest BCUT2D eigenvalue weighted by Crippen LogP contribution is 2.28. The number of ether oxygens (including phenoxy) is 1. The predicted molar refractivity (Wildman–Crippen MR) is 114 cm³/mol. The van der Waals surface area contributed by atoms with Crippen LogP contribution in [0.15, 0.2) is 47.4 Å². The highest BCUT2D eigenvalue weighted by molar-refractivity contribution is 7.89. The Kier molecular flexibility index (Phi) is 7.12. The molecule has 9 heteroatoms. The highest BCUT2D eigenvalue weighted by Gasteiger charge is 2.28. The van der Waals surface area contributed by atoms with Gasteiger partial charge in [-0.3, -0.25) is 4.79 Å². The number of nitrogens with one attached hydrogen (secondary N) is 1. The molecule has 0 unspecified atom stereocenters. The van der Waals surface area contributed by atoms with E-state index in [1.807, 2.05) is 0 Å². The van der Waals surface area contributed by atoms with E-state index in [9.17, 15) is 18.0 Å². The highest BCUT2D eigenvalue weighted by atomic mass is 35.5. The smallest absolute Gasteiger partial charge is 0.337 e. The molecule has 160 valence electrons. The summed E-state index contributed by atoms with van der Waals surface area (Å²) in [6, 6.07) is 10.4. The van der Waals surface area contributed by atoms with Gasteiger partial charge in [0.25, 0.3) is 5.91 Å². The van der Waals surface area contributed by atoms with E-state index in [2.05, 4.69) is 10.1 Å². The van der Waals surface area contributed by atoms with Gasteiger partial charge in [-0.15, -0.1) is 0 Å². The molecule has 2 aromatic carbocycles. The van der Waals surface area contributed by atoms with Crippen LogP contribution in [0.2, 0.25) is 5.02 Å². The van der Waals surface area contributed by atoms with E-state index >= 15 is 0 Å². The van der Waals surface area contributed by atoms with Crippen molar-refractivity contribution in [1.82, 2.24) is 4.31 Å². The van der Waals surface area contributed by atoms with E-state index in [-0.39, 0.29) is 21.0 Å². The Morgan fingerprint density at radius 2 is 1.70 bits per heavy atom. The zero-order valence-electron chi connectivity index (χ0n) is 16.6. The molecule has 7 nitrogen and oxygen atoms in total. The molecule has 3 rings (SSSR count). The molecule has 1 aliphatic rings. The quantitative estimate of drug-likeness (QED) is 0.696. The Labute approximate surface area is 181 Å². The third-order valence-corrected chi connectivity index (χ3v) is 7.30. The largest absolute Gasteiger partial charge is 0.465 e. The first-order chi connectivity index (χ1) is 14.3. The van der Waals surface area contributed by atoms with Gasteiger partial charge in [0.05, 0.1) is 17.7 Å². The molecule has 0 bridgehead atoms. The van der Waals surface area contributed by atoms with Crippen LogP contribution in [-0.4, -0.2) is 44.8 Å². The third-order valence-electron chi connectivity index (χ3n) is 4.92. The Morgan fingerprint density at radius 3 is 2.37 bits per heavy atom. The number of carbonyl (C=O) groups excluding carboxylic acids is 2. The number of amides is 1. The fourth-order valence-electron chi connectivity index (χ4n) is 3.31. The van der Waals surface area contributed by atoms with Gasteiger partial charge in [0.1, 0.15) is 4.90 Å². The van der Waals surface area contributed by atoms with Crippen LogP contribution < -0.4 is 5.32 Å². The van der Waals surface area contributed by atoms with Crippen molar-refractivity contribution in [2.75, 3.05) is 25.5 Å². The molecule has 0 atom stereocenters. The Hall–Kier alpha value is -2.42. The molecule has 0 radical (unpaired) electrons. The van der Waals surface area contributed by atoms with Crippen molar-refractivity contribution in [3.05, 3.63) is 58.6 Å². The topological polar surface area (TPSA) is 92.8 Å². The second-order valence-electron chi connectivity index (χ2n) is 6.99. The van der Waals surface area contributed by atoms with E-state index in [4.69, 9.17) is 11.6 Å². The van der Waals surface area contributed by atoms with E-state index in [1.165, 1.54) is 35.7 Å². The number of sulfonamides is 1. The molecule has 1 N–H and O–H groups in total. The summed E-state index contributed by atoms with van der Waals surface area (Å²) < 4.78 is 32.3. The van der Waals surface area contributed by atoms with Gasteiger partial charge >= 0.3 is 5.97 Å². The minimum atomic E-state index is -3.81. The second kappa shape index (κ2) is 9.59. The van der Waals surface area contributed by atoms with Crippen LogP contribution in [-0.2, 0) is 14.8 Å². The van der Waals surface area contributed by atoms with Gasteiger partial charge in [0.2, 0.25) is 10.0 Å². The summed E-state index contributed by atoms with van der Waals surface area (Å²) in [6.45, 7) is 0.880. The van der Waals surface area contributed by atoms with Crippen molar-refractivity contribution in [3.63, 3.8) is 0 Å². The van der Waals surface area contributed by atoms with Gasteiger partial charge in [-0.1, -0.05) is 30.5 Å². The lowest BCUT2D eigenvalue weighted by molar-refractivity contribution is 0.0600. The van der Waals surface area contributed by atoms with Crippen LogP contribution in [0.1, 0.15) is 46.4 Å². The number of esters is 1. The fourth-order valence-corrected chi connectivity index (χ4v) is 5.33. The summed E-state index contributed by atoms with van der Waals surface area (Å²) >= 11 is 6.19. The number of halogens is 1. The molecule has 1 aliphatic heterocycles. The van der Waals surface area contributed by atoms with Gasteiger partial charge in [0, 0.05) is 24.3 Å². The lowest BCUT2D eigenvalue weighted by atomic mass is 10.1. The summed E-state index contributed by atoms with van der Waals surface area (Å²) in [6.07, 6.45) is 3.58. The maximum absolute atomic E-state index is 13.1.